The van der Waals surface area contributed by atoms with Crippen molar-refractivity contribution in [3.8, 4) is 5.69 Å². The maximum absolute atomic E-state index is 12.8. The van der Waals surface area contributed by atoms with Crippen LogP contribution in [0.15, 0.2) is 52.8 Å². The summed E-state index contributed by atoms with van der Waals surface area (Å²) < 4.78 is 4.21. The van der Waals surface area contributed by atoms with E-state index in [1.807, 2.05) is 6.92 Å². The number of allylic oxidation sites excluding steroid dienone is 1. The Morgan fingerprint density at radius 3 is 2.70 bits per heavy atom. The van der Waals surface area contributed by atoms with Gasteiger partial charge < -0.3 is 4.57 Å². The molecule has 0 spiro atoms. The van der Waals surface area contributed by atoms with Gasteiger partial charge in [-0.25, -0.2) is 14.3 Å². The summed E-state index contributed by atoms with van der Waals surface area (Å²) in [5.41, 5.74) is 0.289. The Balaban J connectivity index is 2.54. The van der Waals surface area contributed by atoms with Gasteiger partial charge in [0.15, 0.2) is 11.2 Å². The topological polar surface area (TPSA) is 61.8 Å². The van der Waals surface area contributed by atoms with Crippen LogP contribution in [0.3, 0.4) is 0 Å². The minimum absolute atomic E-state index is 0.118. The third-order valence-corrected chi connectivity index (χ3v) is 3.97. The van der Waals surface area contributed by atoms with Crippen molar-refractivity contribution in [3.63, 3.8) is 0 Å². The Morgan fingerprint density at radius 1 is 1.30 bits per heavy atom. The number of aromatic nitrogens is 4. The predicted octanol–water partition coefficient (Wildman–Crippen LogP) is 2.21. The van der Waals surface area contributed by atoms with E-state index in [4.69, 9.17) is 11.6 Å². The van der Waals surface area contributed by atoms with Gasteiger partial charge in [-0.15, -0.1) is 6.58 Å². The van der Waals surface area contributed by atoms with Gasteiger partial charge in [-0.1, -0.05) is 29.8 Å². The number of para-hydroxylation sites is 1. The lowest BCUT2D eigenvalue weighted by Crippen LogP contribution is -2.39. The minimum atomic E-state index is -0.489. The van der Waals surface area contributed by atoms with Crippen molar-refractivity contribution in [1.29, 1.82) is 0 Å². The minimum Gasteiger partial charge on any atom is -0.325 e. The van der Waals surface area contributed by atoms with Crippen molar-refractivity contribution in [2.75, 3.05) is 0 Å². The van der Waals surface area contributed by atoms with E-state index < -0.39 is 5.69 Å². The van der Waals surface area contributed by atoms with Crippen molar-refractivity contribution in [1.82, 2.24) is 18.7 Å². The number of imidazole rings is 1. The molecule has 0 unspecified atom stereocenters. The second-order valence-electron chi connectivity index (χ2n) is 4.98. The SMILES string of the molecule is C=CCn1c(=O)c2c(ncn2CC)n(-c2ccccc2Cl)c1=O. The van der Waals surface area contributed by atoms with Gasteiger partial charge in [0.05, 0.1) is 17.0 Å². The number of fused-ring (bicyclic) bond motifs is 1. The summed E-state index contributed by atoms with van der Waals surface area (Å²) in [5.74, 6) is 0. The van der Waals surface area contributed by atoms with E-state index in [1.54, 1.807) is 35.2 Å². The fraction of sp³-hybridized carbons (Fsp3) is 0.188. The maximum atomic E-state index is 12.8. The Kier molecular flexibility index (Phi) is 3.92. The van der Waals surface area contributed by atoms with Crippen LogP contribution >= 0.6 is 11.6 Å². The van der Waals surface area contributed by atoms with Gasteiger partial charge in [-0.05, 0) is 19.1 Å². The van der Waals surface area contributed by atoms with E-state index in [2.05, 4.69) is 11.6 Å². The molecule has 0 saturated carbocycles. The zero-order valence-electron chi connectivity index (χ0n) is 12.6. The third kappa shape index (κ3) is 2.31. The molecule has 2 heterocycles. The average molecular weight is 331 g/mol. The molecule has 0 saturated heterocycles. The molecule has 0 bridgehead atoms. The Hall–Kier alpha value is -2.60. The fourth-order valence-electron chi connectivity index (χ4n) is 2.56. The van der Waals surface area contributed by atoms with E-state index in [0.717, 1.165) is 4.57 Å². The number of benzene rings is 1. The molecule has 1 aromatic carbocycles. The fourth-order valence-corrected chi connectivity index (χ4v) is 2.78. The third-order valence-electron chi connectivity index (χ3n) is 3.65. The standard InChI is InChI=1S/C16H15ClN4O2/c1-3-9-20-15(22)13-14(18-10-19(13)4-2)21(16(20)23)12-8-6-5-7-11(12)17/h3,5-8,10H,1,4,9H2,2H3. The van der Waals surface area contributed by atoms with Gasteiger partial charge in [0.1, 0.15) is 0 Å². The molecule has 0 aliphatic rings. The summed E-state index contributed by atoms with van der Waals surface area (Å²) in [7, 11) is 0. The van der Waals surface area contributed by atoms with Crippen molar-refractivity contribution >= 4 is 22.8 Å². The molecule has 3 rings (SSSR count). The van der Waals surface area contributed by atoms with E-state index in [-0.39, 0.29) is 12.1 Å². The predicted molar refractivity (Wildman–Crippen MR) is 90.5 cm³/mol. The smallest absolute Gasteiger partial charge is 0.325 e. The number of halogens is 1. The van der Waals surface area contributed by atoms with Crippen LogP contribution < -0.4 is 11.2 Å². The quantitative estimate of drug-likeness (QED) is 0.689. The molecule has 0 radical (unpaired) electrons. The Labute approximate surface area is 136 Å². The van der Waals surface area contributed by atoms with Crippen molar-refractivity contribution in [2.24, 2.45) is 0 Å². The van der Waals surface area contributed by atoms with Crippen molar-refractivity contribution in [3.05, 3.63) is 69.1 Å². The average Bonchev–Trinajstić information content (AvgIpc) is 2.97. The lowest BCUT2D eigenvalue weighted by molar-refractivity contribution is 0.687. The van der Waals surface area contributed by atoms with Crippen LogP contribution in [0.25, 0.3) is 16.9 Å². The summed E-state index contributed by atoms with van der Waals surface area (Å²) >= 11 is 6.24. The highest BCUT2D eigenvalue weighted by atomic mass is 35.5. The van der Waals surface area contributed by atoms with Crippen LogP contribution in [-0.4, -0.2) is 18.7 Å². The van der Waals surface area contributed by atoms with Crippen LogP contribution in [0.2, 0.25) is 5.02 Å². The maximum Gasteiger partial charge on any atom is 0.337 e. The first kappa shape index (κ1) is 15.3. The molecule has 23 heavy (non-hydrogen) atoms. The van der Waals surface area contributed by atoms with Gasteiger partial charge in [0.25, 0.3) is 5.56 Å². The van der Waals surface area contributed by atoms with Gasteiger partial charge in [-0.3, -0.25) is 9.36 Å². The van der Waals surface area contributed by atoms with Crippen LogP contribution in [0.1, 0.15) is 6.92 Å². The number of hydrogen-bond donors (Lipinski definition) is 0. The Morgan fingerprint density at radius 2 is 2.04 bits per heavy atom. The first-order valence-electron chi connectivity index (χ1n) is 7.16. The molecule has 0 atom stereocenters. The highest BCUT2D eigenvalue weighted by Crippen LogP contribution is 2.21. The largest absolute Gasteiger partial charge is 0.337 e. The number of aryl methyl sites for hydroxylation is 1. The molecular weight excluding hydrogens is 316 g/mol. The molecule has 2 aromatic heterocycles. The lowest BCUT2D eigenvalue weighted by Gasteiger charge is -2.12. The second kappa shape index (κ2) is 5.89. The summed E-state index contributed by atoms with van der Waals surface area (Å²) in [6.45, 7) is 6.21. The van der Waals surface area contributed by atoms with E-state index in [9.17, 15) is 9.59 Å². The van der Waals surface area contributed by atoms with Crippen LogP contribution in [0.4, 0.5) is 0 Å². The summed E-state index contributed by atoms with van der Waals surface area (Å²) in [5, 5.41) is 0.408. The summed E-state index contributed by atoms with van der Waals surface area (Å²) in [4.78, 5) is 29.7. The highest BCUT2D eigenvalue weighted by molar-refractivity contribution is 6.32. The molecule has 3 aromatic rings. The number of nitrogens with zero attached hydrogens (tertiary/aromatic N) is 4. The zero-order valence-corrected chi connectivity index (χ0v) is 13.3. The monoisotopic (exact) mass is 330 g/mol. The number of hydrogen-bond acceptors (Lipinski definition) is 3. The molecule has 7 heteroatoms. The summed E-state index contributed by atoms with van der Waals surface area (Å²) in [6, 6.07) is 6.96. The molecule has 0 amide bonds. The van der Waals surface area contributed by atoms with Gasteiger partial charge >= 0.3 is 5.69 Å². The van der Waals surface area contributed by atoms with Crippen LogP contribution in [-0.2, 0) is 13.1 Å². The van der Waals surface area contributed by atoms with Crippen LogP contribution in [0, 0.1) is 0 Å². The molecule has 0 N–H and O–H groups in total. The van der Waals surface area contributed by atoms with Gasteiger partial charge in [0, 0.05) is 13.1 Å². The molecule has 0 fully saturated rings. The molecular formula is C16H15ClN4O2. The van der Waals surface area contributed by atoms with Crippen molar-refractivity contribution < 1.29 is 0 Å². The molecule has 0 aliphatic carbocycles. The normalized spacial score (nSPS) is 11.0. The van der Waals surface area contributed by atoms with Crippen LogP contribution in [0.5, 0.6) is 0 Å². The first-order valence-corrected chi connectivity index (χ1v) is 7.54. The number of rotatable bonds is 4. The molecule has 0 aliphatic heterocycles. The van der Waals surface area contributed by atoms with Gasteiger partial charge in [-0.2, -0.15) is 0 Å². The zero-order chi connectivity index (χ0) is 16.6. The van der Waals surface area contributed by atoms with E-state index in [1.165, 1.54) is 10.6 Å². The molecule has 6 nitrogen and oxygen atoms in total. The summed E-state index contributed by atoms with van der Waals surface area (Å²) in [6.07, 6.45) is 3.06. The molecule has 118 valence electrons. The van der Waals surface area contributed by atoms with E-state index >= 15 is 0 Å². The van der Waals surface area contributed by atoms with Crippen molar-refractivity contribution in [2.45, 2.75) is 20.0 Å². The Bertz CT molecular complexity index is 1010. The lowest BCUT2D eigenvalue weighted by atomic mass is 10.3. The first-order chi connectivity index (χ1) is 11.1. The highest BCUT2D eigenvalue weighted by Gasteiger charge is 2.19. The van der Waals surface area contributed by atoms with E-state index in [0.29, 0.717) is 28.4 Å². The second-order valence-corrected chi connectivity index (χ2v) is 5.38. The van der Waals surface area contributed by atoms with Gasteiger partial charge in [0.2, 0.25) is 0 Å².